The average molecular weight is 256 g/mol. The lowest BCUT2D eigenvalue weighted by Crippen LogP contribution is -2.07. The van der Waals surface area contributed by atoms with Crippen LogP contribution in [-0.2, 0) is 6.54 Å². The van der Waals surface area contributed by atoms with Crippen molar-refractivity contribution in [2.75, 3.05) is 5.32 Å². The minimum atomic E-state index is -0.527. The van der Waals surface area contributed by atoms with Gasteiger partial charge in [-0.3, -0.25) is 14.9 Å². The van der Waals surface area contributed by atoms with Crippen LogP contribution in [0.25, 0.3) is 0 Å². The van der Waals surface area contributed by atoms with E-state index in [9.17, 15) is 14.9 Å². The average Bonchev–Trinajstić information content (AvgIpc) is 2.60. The van der Waals surface area contributed by atoms with E-state index < -0.39 is 4.92 Å². The maximum Gasteiger partial charge on any atom is 0.269 e. The zero-order valence-electron chi connectivity index (χ0n) is 10.1. The highest BCUT2D eigenvalue weighted by molar-refractivity contribution is 5.46. The molecule has 0 fully saturated rings. The number of rotatable bonds is 4. The minimum Gasteiger partial charge on any atom is -0.378 e. The summed E-state index contributed by atoms with van der Waals surface area (Å²) in [7, 11) is 0. The van der Waals surface area contributed by atoms with Crippen LogP contribution in [0.4, 0.5) is 11.4 Å². The van der Waals surface area contributed by atoms with Gasteiger partial charge in [-0.2, -0.15) is 0 Å². The van der Waals surface area contributed by atoms with Gasteiger partial charge in [0, 0.05) is 18.7 Å². The van der Waals surface area contributed by atoms with Gasteiger partial charge in [-0.25, -0.2) is 0 Å². The predicted octanol–water partition coefficient (Wildman–Crippen LogP) is 2.57. The molecule has 19 heavy (non-hydrogen) atoms. The third kappa shape index (κ3) is 3.38. The Morgan fingerprint density at radius 2 is 1.68 bits per heavy atom. The van der Waals surface area contributed by atoms with E-state index in [-0.39, 0.29) is 11.1 Å². The van der Waals surface area contributed by atoms with Gasteiger partial charge >= 0.3 is 0 Å². The highest BCUT2D eigenvalue weighted by Gasteiger charge is 2.04. The molecule has 0 aromatic heterocycles. The van der Waals surface area contributed by atoms with E-state index in [0.717, 1.165) is 5.56 Å². The van der Waals surface area contributed by atoms with E-state index in [0.29, 0.717) is 12.2 Å². The molecule has 0 bridgehead atoms. The standard InChI is InChI=1S/C14H12N2O3/c17-14-9-7-12(16(18)19)6-8-13(14)15-10-11-4-2-1-3-5-11/h1-9H,10H2,(H,15,17). The molecule has 2 rings (SSSR count). The molecular weight excluding hydrogens is 244 g/mol. The van der Waals surface area contributed by atoms with Crippen LogP contribution >= 0.6 is 0 Å². The number of nitrogens with one attached hydrogen (secondary N) is 1. The fraction of sp³-hybridized carbons (Fsp3) is 0.0714. The molecule has 0 atom stereocenters. The zero-order chi connectivity index (χ0) is 13.7. The molecule has 2 aromatic rings. The van der Waals surface area contributed by atoms with E-state index in [1.165, 1.54) is 24.3 Å². The van der Waals surface area contributed by atoms with Crippen LogP contribution < -0.4 is 10.7 Å². The summed E-state index contributed by atoms with van der Waals surface area (Å²) < 4.78 is 0. The Hall–Kier alpha value is -2.69. The third-order valence-corrected chi connectivity index (χ3v) is 2.63. The van der Waals surface area contributed by atoms with Gasteiger partial charge in [0.05, 0.1) is 10.6 Å². The molecule has 0 saturated heterocycles. The van der Waals surface area contributed by atoms with Crippen molar-refractivity contribution in [2.24, 2.45) is 0 Å². The molecule has 0 aliphatic heterocycles. The number of anilines is 1. The first-order chi connectivity index (χ1) is 9.16. The number of hydrogen-bond donors (Lipinski definition) is 1. The number of benzene rings is 1. The first kappa shape index (κ1) is 12.8. The maximum atomic E-state index is 11.7. The second kappa shape index (κ2) is 5.77. The first-order valence-corrected chi connectivity index (χ1v) is 5.73. The molecule has 96 valence electrons. The van der Waals surface area contributed by atoms with E-state index in [1.54, 1.807) is 0 Å². The van der Waals surface area contributed by atoms with Crippen LogP contribution in [0.15, 0.2) is 59.4 Å². The molecule has 0 amide bonds. The van der Waals surface area contributed by atoms with E-state index >= 15 is 0 Å². The first-order valence-electron chi connectivity index (χ1n) is 5.73. The molecule has 5 nitrogen and oxygen atoms in total. The van der Waals surface area contributed by atoms with Crippen molar-refractivity contribution >= 4 is 11.4 Å². The van der Waals surface area contributed by atoms with Crippen LogP contribution in [0, 0.1) is 10.1 Å². The molecule has 0 spiro atoms. The maximum absolute atomic E-state index is 11.7. The van der Waals surface area contributed by atoms with Crippen LogP contribution in [0.2, 0.25) is 0 Å². The summed E-state index contributed by atoms with van der Waals surface area (Å²) in [4.78, 5) is 21.8. The van der Waals surface area contributed by atoms with Gasteiger partial charge < -0.3 is 5.32 Å². The summed E-state index contributed by atoms with van der Waals surface area (Å²) in [5.41, 5.74) is 0.994. The Kier molecular flexibility index (Phi) is 3.87. The van der Waals surface area contributed by atoms with Gasteiger partial charge in [-0.1, -0.05) is 30.3 Å². The monoisotopic (exact) mass is 256 g/mol. The largest absolute Gasteiger partial charge is 0.378 e. The summed E-state index contributed by atoms with van der Waals surface area (Å²) in [6, 6.07) is 14.7. The zero-order valence-corrected chi connectivity index (χ0v) is 10.1. The van der Waals surface area contributed by atoms with Crippen LogP contribution in [0.5, 0.6) is 0 Å². The van der Waals surface area contributed by atoms with Gasteiger partial charge in [-0.05, 0) is 17.7 Å². The SMILES string of the molecule is O=c1ccc([N+](=O)[O-])ccc1NCc1ccccc1. The Labute approximate surface area is 109 Å². The Morgan fingerprint density at radius 3 is 2.37 bits per heavy atom. The third-order valence-electron chi connectivity index (χ3n) is 2.63. The highest BCUT2D eigenvalue weighted by Crippen LogP contribution is 2.10. The van der Waals surface area contributed by atoms with Gasteiger partial charge in [0.15, 0.2) is 0 Å². The summed E-state index contributed by atoms with van der Waals surface area (Å²) in [6.45, 7) is 0.494. The second-order valence-electron chi connectivity index (χ2n) is 3.97. The van der Waals surface area contributed by atoms with Gasteiger partial charge in [0.25, 0.3) is 5.69 Å². The van der Waals surface area contributed by atoms with Crippen molar-refractivity contribution in [3.8, 4) is 0 Å². The van der Waals surface area contributed by atoms with Crippen molar-refractivity contribution in [3.63, 3.8) is 0 Å². The molecule has 0 unspecified atom stereocenters. The van der Waals surface area contributed by atoms with E-state index in [4.69, 9.17) is 0 Å². The normalized spacial score (nSPS) is 9.89. The number of nitrogens with zero attached hydrogens (tertiary/aromatic N) is 1. The van der Waals surface area contributed by atoms with Crippen molar-refractivity contribution in [1.29, 1.82) is 0 Å². The van der Waals surface area contributed by atoms with Gasteiger partial charge in [-0.15, -0.1) is 0 Å². The quantitative estimate of drug-likeness (QED) is 0.674. The highest BCUT2D eigenvalue weighted by atomic mass is 16.6. The van der Waals surface area contributed by atoms with Gasteiger partial charge in [0.1, 0.15) is 0 Å². The molecule has 0 aliphatic rings. The molecule has 0 heterocycles. The smallest absolute Gasteiger partial charge is 0.269 e. The van der Waals surface area contributed by atoms with Crippen molar-refractivity contribution in [2.45, 2.75) is 6.54 Å². The molecule has 0 radical (unpaired) electrons. The van der Waals surface area contributed by atoms with Crippen LogP contribution in [-0.4, -0.2) is 4.92 Å². The van der Waals surface area contributed by atoms with Gasteiger partial charge in [0.2, 0.25) is 5.43 Å². The summed E-state index contributed by atoms with van der Waals surface area (Å²) >= 11 is 0. The fourth-order valence-corrected chi connectivity index (χ4v) is 1.62. The van der Waals surface area contributed by atoms with E-state index in [2.05, 4.69) is 5.32 Å². The van der Waals surface area contributed by atoms with Crippen molar-refractivity contribution in [3.05, 3.63) is 80.5 Å². The summed E-state index contributed by atoms with van der Waals surface area (Å²) in [5, 5.41) is 13.6. The molecule has 1 N–H and O–H groups in total. The molecule has 0 saturated carbocycles. The lowest BCUT2D eigenvalue weighted by molar-refractivity contribution is -0.384. The lowest BCUT2D eigenvalue weighted by Gasteiger charge is -2.03. The number of hydrogen-bond acceptors (Lipinski definition) is 4. The van der Waals surface area contributed by atoms with Crippen LogP contribution in [0.3, 0.4) is 0 Å². The molecule has 5 heteroatoms. The second-order valence-corrected chi connectivity index (χ2v) is 3.97. The summed E-state index contributed by atoms with van der Waals surface area (Å²) in [5.74, 6) is 0. The number of nitro groups is 1. The minimum absolute atomic E-state index is 0.107. The van der Waals surface area contributed by atoms with Crippen LogP contribution in [0.1, 0.15) is 5.56 Å². The Morgan fingerprint density at radius 1 is 1.00 bits per heavy atom. The Bertz CT molecular complexity index is 642. The fourth-order valence-electron chi connectivity index (χ4n) is 1.62. The molecule has 2 aromatic carbocycles. The van der Waals surface area contributed by atoms with Crippen molar-refractivity contribution in [1.82, 2.24) is 0 Å². The molecular formula is C14H12N2O3. The van der Waals surface area contributed by atoms with E-state index in [1.807, 2.05) is 30.3 Å². The lowest BCUT2D eigenvalue weighted by atomic mass is 10.2. The summed E-state index contributed by atoms with van der Waals surface area (Å²) in [6.07, 6.45) is 0. The Balaban J connectivity index is 2.19. The topological polar surface area (TPSA) is 72.2 Å². The molecule has 0 aliphatic carbocycles. The predicted molar refractivity (Wildman–Crippen MR) is 73.1 cm³/mol. The van der Waals surface area contributed by atoms with Crippen molar-refractivity contribution < 1.29 is 4.92 Å².